The fraction of sp³-hybridized carbons (Fsp3) is 0.692. The molecule has 0 aliphatic heterocycles. The Morgan fingerprint density at radius 1 is 0.489 bits per heavy atom. The van der Waals surface area contributed by atoms with E-state index in [1.807, 2.05) is 36.7 Å². The minimum Gasteiger partial charge on any atom is -0.321 e. The highest BCUT2D eigenvalue weighted by atomic mass is 16.2. The molecule has 0 radical (unpaired) electrons. The van der Waals surface area contributed by atoms with E-state index in [-0.39, 0.29) is 11.8 Å². The van der Waals surface area contributed by atoms with Crippen LogP contribution >= 0.6 is 0 Å². The van der Waals surface area contributed by atoms with Gasteiger partial charge in [0.25, 0.3) is 0 Å². The standard InChI is InChI=1S/C39H64N4O2/c1-3-5-7-9-11-13-15-17-19-21-30-42-32-24-26-36(34-42)40-38(44)28-23-29-39(45)41-37-27-25-33-43(35-37)31-22-20-18-16-14-12-10-8-6-4-2/h24-27,32-35H,3-23,28-31H2,1-2H3/p+2. The van der Waals surface area contributed by atoms with Gasteiger partial charge in [-0.15, -0.1) is 0 Å². The molecule has 2 N–H and O–H groups in total. The summed E-state index contributed by atoms with van der Waals surface area (Å²) < 4.78 is 4.33. The molecule has 0 bridgehead atoms. The molecule has 0 saturated heterocycles. The molecule has 45 heavy (non-hydrogen) atoms. The first kappa shape index (κ1) is 38.4. The Bertz CT molecular complexity index is 960. The summed E-state index contributed by atoms with van der Waals surface area (Å²) in [6.07, 6.45) is 35.9. The van der Waals surface area contributed by atoms with Crippen LogP contribution in [-0.4, -0.2) is 11.8 Å². The van der Waals surface area contributed by atoms with Crippen LogP contribution in [0.25, 0.3) is 0 Å². The number of aromatic nitrogens is 2. The van der Waals surface area contributed by atoms with Gasteiger partial charge in [-0.1, -0.05) is 117 Å². The highest BCUT2D eigenvalue weighted by molar-refractivity contribution is 5.92. The molecule has 6 nitrogen and oxygen atoms in total. The van der Waals surface area contributed by atoms with Gasteiger partial charge < -0.3 is 10.6 Å². The number of nitrogens with zero attached hydrogens (tertiary/aromatic N) is 2. The Morgan fingerprint density at radius 2 is 0.822 bits per heavy atom. The van der Waals surface area contributed by atoms with Crippen molar-refractivity contribution in [1.82, 2.24) is 0 Å². The normalized spacial score (nSPS) is 11.1. The van der Waals surface area contributed by atoms with Crippen molar-refractivity contribution in [2.75, 3.05) is 10.6 Å². The summed E-state index contributed by atoms with van der Waals surface area (Å²) >= 11 is 0. The quantitative estimate of drug-likeness (QED) is 0.0733. The van der Waals surface area contributed by atoms with Crippen molar-refractivity contribution in [1.29, 1.82) is 0 Å². The summed E-state index contributed by atoms with van der Waals surface area (Å²) in [5.74, 6) is -0.0953. The maximum absolute atomic E-state index is 12.5. The fourth-order valence-electron chi connectivity index (χ4n) is 5.89. The van der Waals surface area contributed by atoms with Gasteiger partial charge in [0.1, 0.15) is 24.5 Å². The molecule has 252 valence electrons. The lowest BCUT2D eigenvalue weighted by atomic mass is 10.1. The molecule has 6 heteroatoms. The Morgan fingerprint density at radius 3 is 1.18 bits per heavy atom. The van der Waals surface area contributed by atoms with Gasteiger partial charge in [0.2, 0.25) is 11.8 Å². The van der Waals surface area contributed by atoms with Crippen molar-refractivity contribution < 1.29 is 18.7 Å². The number of anilines is 2. The van der Waals surface area contributed by atoms with E-state index in [9.17, 15) is 9.59 Å². The lowest BCUT2D eigenvalue weighted by molar-refractivity contribution is -0.696. The molecule has 0 spiro atoms. The highest BCUT2D eigenvalue weighted by Crippen LogP contribution is 2.12. The zero-order valence-electron chi connectivity index (χ0n) is 29.0. The number of unbranched alkanes of at least 4 members (excludes halogenated alkanes) is 18. The van der Waals surface area contributed by atoms with Gasteiger partial charge in [0.15, 0.2) is 24.8 Å². The number of pyridine rings is 2. The van der Waals surface area contributed by atoms with E-state index in [4.69, 9.17) is 0 Å². The molecule has 2 aromatic rings. The smallest absolute Gasteiger partial charge is 0.224 e. The molecule has 0 unspecified atom stereocenters. The van der Waals surface area contributed by atoms with Gasteiger partial charge in [0, 0.05) is 37.8 Å². The van der Waals surface area contributed by atoms with Crippen molar-refractivity contribution in [3.05, 3.63) is 49.1 Å². The van der Waals surface area contributed by atoms with Gasteiger partial charge >= 0.3 is 0 Å². The Hall–Kier alpha value is -2.76. The van der Waals surface area contributed by atoms with E-state index in [1.165, 1.54) is 116 Å². The van der Waals surface area contributed by atoms with Crippen LogP contribution in [0.5, 0.6) is 0 Å². The molecule has 2 rings (SSSR count). The third-order valence-corrected chi connectivity index (χ3v) is 8.63. The van der Waals surface area contributed by atoms with Crippen molar-refractivity contribution in [3.8, 4) is 0 Å². The van der Waals surface area contributed by atoms with E-state index in [2.05, 4.69) is 46.0 Å². The second kappa shape index (κ2) is 26.5. The second-order valence-corrected chi connectivity index (χ2v) is 13.0. The first-order chi connectivity index (χ1) is 22.1. The van der Waals surface area contributed by atoms with Crippen LogP contribution in [0.2, 0.25) is 0 Å². The van der Waals surface area contributed by atoms with Crippen LogP contribution in [0.4, 0.5) is 11.4 Å². The molecule has 0 aromatic carbocycles. The predicted molar refractivity (Wildman–Crippen MR) is 188 cm³/mol. The first-order valence-corrected chi connectivity index (χ1v) is 18.7. The predicted octanol–water partition coefficient (Wildman–Crippen LogP) is 9.85. The Kier molecular flexibility index (Phi) is 22.6. The van der Waals surface area contributed by atoms with Gasteiger partial charge in [-0.05, 0) is 31.4 Å². The molecule has 2 heterocycles. The third-order valence-electron chi connectivity index (χ3n) is 8.63. The van der Waals surface area contributed by atoms with Crippen LogP contribution in [0.1, 0.15) is 162 Å². The van der Waals surface area contributed by atoms with E-state index in [0.29, 0.717) is 19.3 Å². The minimum atomic E-state index is -0.0477. The topological polar surface area (TPSA) is 66.0 Å². The first-order valence-electron chi connectivity index (χ1n) is 18.7. The summed E-state index contributed by atoms with van der Waals surface area (Å²) in [6.45, 7) is 6.48. The Labute approximate surface area is 275 Å². The SMILES string of the molecule is CCCCCCCCCCCC[n+]1cccc(NC(=O)CCCC(=O)Nc2ccc[n+](CCCCCCCCCCCC)c2)c1. The zero-order valence-corrected chi connectivity index (χ0v) is 29.0. The van der Waals surface area contributed by atoms with Crippen molar-refractivity contribution in [3.63, 3.8) is 0 Å². The van der Waals surface area contributed by atoms with Crippen molar-refractivity contribution in [2.24, 2.45) is 0 Å². The molecule has 2 amide bonds. The molecule has 0 fully saturated rings. The summed E-state index contributed by atoms with van der Waals surface area (Å²) in [5, 5.41) is 6.01. The summed E-state index contributed by atoms with van der Waals surface area (Å²) in [7, 11) is 0. The van der Waals surface area contributed by atoms with Crippen LogP contribution in [0.3, 0.4) is 0 Å². The van der Waals surface area contributed by atoms with E-state index in [1.54, 1.807) is 0 Å². The number of nitrogens with one attached hydrogen (secondary N) is 2. The fourth-order valence-corrected chi connectivity index (χ4v) is 5.89. The van der Waals surface area contributed by atoms with Gasteiger partial charge in [-0.3, -0.25) is 9.59 Å². The largest absolute Gasteiger partial charge is 0.321 e. The number of amides is 2. The van der Waals surface area contributed by atoms with E-state index < -0.39 is 0 Å². The third kappa shape index (κ3) is 20.8. The minimum absolute atomic E-state index is 0.0477. The molecular formula is C39H66N4O2+2. The van der Waals surface area contributed by atoms with Gasteiger partial charge in [-0.2, -0.15) is 0 Å². The van der Waals surface area contributed by atoms with Crippen molar-refractivity contribution >= 4 is 23.2 Å². The molecule has 0 aliphatic rings. The lowest BCUT2D eigenvalue weighted by Crippen LogP contribution is -2.33. The molecular weight excluding hydrogens is 556 g/mol. The molecule has 0 saturated carbocycles. The molecule has 0 aliphatic carbocycles. The van der Waals surface area contributed by atoms with Crippen LogP contribution in [0.15, 0.2) is 49.1 Å². The average molecular weight is 623 g/mol. The summed E-state index contributed by atoms with van der Waals surface area (Å²) in [6, 6.07) is 7.84. The van der Waals surface area contributed by atoms with Crippen LogP contribution in [0, 0.1) is 0 Å². The maximum Gasteiger partial charge on any atom is 0.224 e. The van der Waals surface area contributed by atoms with Gasteiger partial charge in [0.05, 0.1) is 0 Å². The number of hydrogen-bond acceptors (Lipinski definition) is 2. The number of rotatable bonds is 28. The monoisotopic (exact) mass is 623 g/mol. The zero-order chi connectivity index (χ0) is 32.2. The lowest BCUT2D eigenvalue weighted by Gasteiger charge is -2.06. The summed E-state index contributed by atoms with van der Waals surface area (Å²) in [5.41, 5.74) is 1.63. The number of aryl methyl sites for hydroxylation is 2. The van der Waals surface area contributed by atoms with E-state index in [0.717, 1.165) is 37.3 Å². The number of carbonyl (C=O) groups is 2. The second-order valence-electron chi connectivity index (χ2n) is 13.0. The molecule has 2 aromatic heterocycles. The van der Waals surface area contributed by atoms with Crippen LogP contribution < -0.4 is 19.8 Å². The number of hydrogen-bond donors (Lipinski definition) is 2. The Balaban J connectivity index is 1.54. The maximum atomic E-state index is 12.5. The van der Waals surface area contributed by atoms with E-state index >= 15 is 0 Å². The summed E-state index contributed by atoms with van der Waals surface area (Å²) in [4.78, 5) is 25.1. The average Bonchev–Trinajstić information content (AvgIpc) is 3.03. The van der Waals surface area contributed by atoms with Crippen molar-refractivity contribution in [2.45, 2.75) is 175 Å². The number of carbonyl (C=O) groups excluding carboxylic acids is 2. The highest BCUT2D eigenvalue weighted by Gasteiger charge is 2.10. The van der Waals surface area contributed by atoms with Crippen LogP contribution in [-0.2, 0) is 22.7 Å². The van der Waals surface area contributed by atoms with Gasteiger partial charge in [-0.25, -0.2) is 9.13 Å². The molecule has 0 atom stereocenters.